The summed E-state index contributed by atoms with van der Waals surface area (Å²) in [7, 11) is 4.03. The predicted octanol–water partition coefficient (Wildman–Crippen LogP) is 2.69. The molecule has 116 valence electrons. The van der Waals surface area contributed by atoms with Crippen LogP contribution in [0.2, 0.25) is 0 Å². The molecule has 0 amide bonds. The Morgan fingerprint density at radius 2 is 1.86 bits per heavy atom. The van der Waals surface area contributed by atoms with E-state index in [1.54, 1.807) is 6.92 Å². The van der Waals surface area contributed by atoms with Crippen LogP contribution in [0.25, 0.3) is 0 Å². The summed E-state index contributed by atoms with van der Waals surface area (Å²) >= 11 is 0. The van der Waals surface area contributed by atoms with Crippen molar-refractivity contribution in [1.29, 1.82) is 0 Å². The second kappa shape index (κ2) is 7.07. The zero-order valence-corrected chi connectivity index (χ0v) is 13.7. The van der Waals surface area contributed by atoms with E-state index in [0.29, 0.717) is 18.7 Å². The van der Waals surface area contributed by atoms with Crippen molar-refractivity contribution in [3.05, 3.63) is 53.9 Å². The van der Waals surface area contributed by atoms with Crippen LogP contribution >= 0.6 is 0 Å². The molecule has 1 aromatic heterocycles. The van der Waals surface area contributed by atoms with Gasteiger partial charge in [-0.05, 0) is 32.0 Å². The molecular formula is C18H23N2O2+. The molecule has 0 aliphatic rings. The Kier molecular flexibility index (Phi) is 5.15. The first kappa shape index (κ1) is 16.0. The number of aromatic nitrogens is 1. The molecule has 0 spiro atoms. The molecule has 0 atom stereocenters. The largest absolute Gasteiger partial charge is 0.493 e. The molecule has 1 aromatic carbocycles. The van der Waals surface area contributed by atoms with Crippen molar-refractivity contribution in [3.8, 4) is 5.75 Å². The van der Waals surface area contributed by atoms with Gasteiger partial charge < -0.3 is 9.64 Å². The van der Waals surface area contributed by atoms with Crippen LogP contribution in [0.3, 0.4) is 0 Å². The highest BCUT2D eigenvalue weighted by Crippen LogP contribution is 2.20. The van der Waals surface area contributed by atoms with Gasteiger partial charge in [-0.15, -0.1) is 0 Å². The van der Waals surface area contributed by atoms with E-state index >= 15 is 0 Å². The van der Waals surface area contributed by atoms with Gasteiger partial charge in [-0.25, -0.2) is 4.57 Å². The Morgan fingerprint density at radius 1 is 1.18 bits per heavy atom. The molecule has 4 nitrogen and oxygen atoms in total. The zero-order valence-electron chi connectivity index (χ0n) is 13.7. The van der Waals surface area contributed by atoms with E-state index in [0.717, 1.165) is 17.0 Å². The molecule has 0 saturated carbocycles. The van der Waals surface area contributed by atoms with Crippen LogP contribution in [0.1, 0.15) is 29.8 Å². The molecule has 0 saturated heterocycles. The van der Waals surface area contributed by atoms with Crippen molar-refractivity contribution in [2.24, 2.45) is 0 Å². The van der Waals surface area contributed by atoms with Crippen molar-refractivity contribution in [2.45, 2.75) is 20.4 Å². The lowest BCUT2D eigenvalue weighted by Crippen LogP contribution is -2.33. The molecular weight excluding hydrogens is 276 g/mol. The van der Waals surface area contributed by atoms with Gasteiger partial charge in [-0.3, -0.25) is 4.79 Å². The lowest BCUT2D eigenvalue weighted by molar-refractivity contribution is -0.688. The quantitative estimate of drug-likeness (QED) is 0.607. The van der Waals surface area contributed by atoms with Gasteiger partial charge in [0.2, 0.25) is 0 Å². The summed E-state index contributed by atoms with van der Waals surface area (Å²) < 4.78 is 7.75. The fraction of sp³-hybridized carbons (Fsp3) is 0.333. The molecule has 0 aliphatic carbocycles. The highest BCUT2D eigenvalue weighted by molar-refractivity contribution is 5.94. The number of carbonyl (C=O) groups excluding carboxylic acids is 1. The maximum Gasteiger partial charge on any atom is 0.177 e. The third kappa shape index (κ3) is 3.85. The minimum atomic E-state index is 0.0669. The first-order chi connectivity index (χ1) is 10.5. The zero-order chi connectivity index (χ0) is 16.1. The fourth-order valence-corrected chi connectivity index (χ4v) is 2.27. The Labute approximate surface area is 132 Å². The number of ether oxygens (including phenoxy) is 1. The molecule has 2 rings (SSSR count). The monoisotopic (exact) mass is 299 g/mol. The average molecular weight is 299 g/mol. The van der Waals surface area contributed by atoms with E-state index in [2.05, 4.69) is 21.6 Å². The van der Waals surface area contributed by atoms with Crippen LogP contribution in [0.15, 0.2) is 42.7 Å². The van der Waals surface area contributed by atoms with Gasteiger partial charge >= 0.3 is 0 Å². The third-order valence-corrected chi connectivity index (χ3v) is 3.51. The molecule has 0 N–H and O–H groups in total. The molecule has 2 aromatic rings. The first-order valence-electron chi connectivity index (χ1n) is 7.44. The van der Waals surface area contributed by atoms with Crippen molar-refractivity contribution in [2.75, 3.05) is 25.6 Å². The maximum atomic E-state index is 11.6. The van der Waals surface area contributed by atoms with Crippen molar-refractivity contribution >= 4 is 11.5 Å². The molecule has 22 heavy (non-hydrogen) atoms. The van der Waals surface area contributed by atoms with Gasteiger partial charge in [0, 0.05) is 37.5 Å². The molecule has 0 aliphatic heterocycles. The number of Topliss-reactive ketones (excluding diaryl/α,β-unsaturated/α-hetero) is 1. The third-order valence-electron chi connectivity index (χ3n) is 3.51. The predicted molar refractivity (Wildman–Crippen MR) is 87.7 cm³/mol. The van der Waals surface area contributed by atoms with E-state index in [4.69, 9.17) is 4.74 Å². The summed E-state index contributed by atoms with van der Waals surface area (Å²) in [5.74, 6) is 0.897. The Morgan fingerprint density at radius 3 is 2.41 bits per heavy atom. The van der Waals surface area contributed by atoms with E-state index < -0.39 is 0 Å². The van der Waals surface area contributed by atoms with Gasteiger partial charge in [0.25, 0.3) is 0 Å². The Hall–Kier alpha value is -2.36. The number of ketones is 1. The molecule has 0 bridgehead atoms. The second-order valence-corrected chi connectivity index (χ2v) is 5.43. The van der Waals surface area contributed by atoms with Gasteiger partial charge in [0.15, 0.2) is 24.7 Å². The summed E-state index contributed by atoms with van der Waals surface area (Å²) in [5, 5.41) is 0. The Bertz CT molecular complexity index is 649. The highest BCUT2D eigenvalue weighted by atomic mass is 16.5. The highest BCUT2D eigenvalue weighted by Gasteiger charge is 2.12. The summed E-state index contributed by atoms with van der Waals surface area (Å²) in [5.41, 5.74) is 2.87. The molecule has 0 radical (unpaired) electrons. The topological polar surface area (TPSA) is 33.4 Å². The minimum Gasteiger partial charge on any atom is -0.493 e. The number of benzene rings is 1. The van der Waals surface area contributed by atoms with Crippen LogP contribution in [0.5, 0.6) is 5.75 Å². The van der Waals surface area contributed by atoms with E-state index in [-0.39, 0.29) is 5.78 Å². The SMILES string of the molecule is CCOc1ccc(C(C)=O)cc1C[n+]1ccc(N(C)C)cc1. The number of hydrogen-bond acceptors (Lipinski definition) is 3. The van der Waals surface area contributed by atoms with Gasteiger partial charge in [0.1, 0.15) is 5.75 Å². The number of nitrogens with zero attached hydrogens (tertiary/aromatic N) is 2. The molecule has 0 unspecified atom stereocenters. The lowest BCUT2D eigenvalue weighted by atomic mass is 10.1. The fourth-order valence-electron chi connectivity index (χ4n) is 2.27. The molecule has 4 heteroatoms. The van der Waals surface area contributed by atoms with Gasteiger partial charge in [0.05, 0.1) is 12.2 Å². The second-order valence-electron chi connectivity index (χ2n) is 5.43. The summed E-state index contributed by atoms with van der Waals surface area (Å²) in [6.07, 6.45) is 4.07. The van der Waals surface area contributed by atoms with Crippen LogP contribution in [-0.4, -0.2) is 26.5 Å². The van der Waals surface area contributed by atoms with Crippen molar-refractivity contribution in [1.82, 2.24) is 0 Å². The normalized spacial score (nSPS) is 10.4. The van der Waals surface area contributed by atoms with Gasteiger partial charge in [-0.2, -0.15) is 0 Å². The van der Waals surface area contributed by atoms with Crippen LogP contribution in [-0.2, 0) is 6.54 Å². The average Bonchev–Trinajstić information content (AvgIpc) is 2.49. The lowest BCUT2D eigenvalue weighted by Gasteiger charge is -2.12. The number of carbonyl (C=O) groups is 1. The van der Waals surface area contributed by atoms with Crippen molar-refractivity contribution in [3.63, 3.8) is 0 Å². The number of rotatable bonds is 6. The summed E-state index contributed by atoms with van der Waals surface area (Å²) in [6.45, 7) is 4.82. The first-order valence-corrected chi connectivity index (χ1v) is 7.44. The van der Waals surface area contributed by atoms with Gasteiger partial charge in [-0.1, -0.05) is 0 Å². The van der Waals surface area contributed by atoms with E-state index in [1.807, 2.05) is 51.6 Å². The van der Waals surface area contributed by atoms with Crippen LogP contribution in [0, 0.1) is 0 Å². The minimum absolute atomic E-state index is 0.0669. The van der Waals surface area contributed by atoms with E-state index in [1.165, 1.54) is 0 Å². The number of anilines is 1. The number of pyridine rings is 1. The van der Waals surface area contributed by atoms with Crippen LogP contribution < -0.4 is 14.2 Å². The summed E-state index contributed by atoms with van der Waals surface area (Å²) in [4.78, 5) is 13.6. The van der Waals surface area contributed by atoms with Crippen LogP contribution in [0.4, 0.5) is 5.69 Å². The standard InChI is InChI=1S/C18H23N2O2/c1-5-22-18-7-6-15(14(2)21)12-16(18)13-20-10-8-17(9-11-20)19(3)4/h6-12H,5,13H2,1-4H3/q+1. The Balaban J connectivity index is 2.29. The molecule has 1 heterocycles. The van der Waals surface area contributed by atoms with E-state index in [9.17, 15) is 4.79 Å². The summed E-state index contributed by atoms with van der Waals surface area (Å²) in [6, 6.07) is 9.74. The number of hydrogen-bond donors (Lipinski definition) is 0. The maximum absolute atomic E-state index is 11.6. The van der Waals surface area contributed by atoms with Crippen molar-refractivity contribution < 1.29 is 14.1 Å². The molecule has 0 fully saturated rings. The smallest absolute Gasteiger partial charge is 0.177 e.